The van der Waals surface area contributed by atoms with Gasteiger partial charge in [-0.05, 0) is 37.8 Å². The lowest BCUT2D eigenvalue weighted by Gasteiger charge is -2.30. The summed E-state index contributed by atoms with van der Waals surface area (Å²) in [4.78, 5) is 0. The summed E-state index contributed by atoms with van der Waals surface area (Å²) in [6, 6.07) is 0. The third-order valence-electron chi connectivity index (χ3n) is 3.05. The van der Waals surface area contributed by atoms with Crippen LogP contribution in [0.5, 0.6) is 0 Å². The maximum atomic E-state index is 8.06. The summed E-state index contributed by atoms with van der Waals surface area (Å²) in [5.74, 6) is 0. The number of allylic oxidation sites excluding steroid dienone is 4. The summed E-state index contributed by atoms with van der Waals surface area (Å²) in [6.45, 7) is 7.77. The molecule has 3 N–H and O–H groups in total. The van der Waals surface area contributed by atoms with E-state index in [1.165, 1.54) is 0 Å². The van der Waals surface area contributed by atoms with Crippen molar-refractivity contribution in [1.82, 2.24) is 0 Å². The van der Waals surface area contributed by atoms with Gasteiger partial charge in [0.05, 0.1) is 0 Å². The van der Waals surface area contributed by atoms with Crippen LogP contribution >= 0.6 is 0 Å². The van der Waals surface area contributed by atoms with Crippen molar-refractivity contribution in [3.63, 3.8) is 0 Å². The molecule has 0 spiro atoms. The van der Waals surface area contributed by atoms with E-state index in [-0.39, 0.29) is 5.41 Å². The van der Waals surface area contributed by atoms with Gasteiger partial charge in [0.1, 0.15) is 0 Å². The van der Waals surface area contributed by atoms with Crippen molar-refractivity contribution in [2.75, 3.05) is 0 Å². The third kappa shape index (κ3) is 2.58. The Kier molecular flexibility index (Phi) is 3.51. The zero-order chi connectivity index (χ0) is 11.5. The van der Waals surface area contributed by atoms with E-state index >= 15 is 0 Å². The van der Waals surface area contributed by atoms with E-state index in [2.05, 4.69) is 19.6 Å². The van der Waals surface area contributed by atoms with E-state index in [1.54, 1.807) is 0 Å². The standard InChI is InChI=1S/C13H20N2/c1-4-5-6-12(15)13(3)8-7-10(2)11(14)9-13/h4,7,9,15H,1,5-6,8,14H2,2-3H3. The fraction of sp³-hybridized carbons (Fsp3) is 0.462. The molecule has 0 aromatic carbocycles. The second-order valence-electron chi connectivity index (χ2n) is 4.41. The minimum Gasteiger partial charge on any atom is -0.399 e. The van der Waals surface area contributed by atoms with Crippen molar-refractivity contribution in [1.29, 1.82) is 5.41 Å². The molecule has 0 aromatic heterocycles. The Balaban J connectivity index is 2.77. The molecule has 1 aliphatic rings. The molecule has 1 rings (SSSR count). The zero-order valence-corrected chi connectivity index (χ0v) is 9.64. The molecule has 0 aliphatic heterocycles. The van der Waals surface area contributed by atoms with Gasteiger partial charge in [0.15, 0.2) is 0 Å². The van der Waals surface area contributed by atoms with E-state index in [1.807, 2.05) is 19.1 Å². The van der Waals surface area contributed by atoms with Crippen LogP contribution in [-0.2, 0) is 0 Å². The highest BCUT2D eigenvalue weighted by molar-refractivity contribution is 5.89. The number of nitrogens with one attached hydrogen (secondary N) is 1. The van der Waals surface area contributed by atoms with Crippen LogP contribution in [0.3, 0.4) is 0 Å². The van der Waals surface area contributed by atoms with Gasteiger partial charge in [-0.3, -0.25) is 0 Å². The third-order valence-corrected chi connectivity index (χ3v) is 3.05. The van der Waals surface area contributed by atoms with Gasteiger partial charge >= 0.3 is 0 Å². The second kappa shape index (κ2) is 4.47. The molecule has 0 aromatic rings. The monoisotopic (exact) mass is 204 g/mol. The van der Waals surface area contributed by atoms with Crippen LogP contribution < -0.4 is 5.73 Å². The first-order valence-corrected chi connectivity index (χ1v) is 5.34. The van der Waals surface area contributed by atoms with Gasteiger partial charge < -0.3 is 11.1 Å². The van der Waals surface area contributed by atoms with Crippen LogP contribution in [0.25, 0.3) is 0 Å². The van der Waals surface area contributed by atoms with Gasteiger partial charge in [-0.2, -0.15) is 0 Å². The Hall–Kier alpha value is -1.31. The summed E-state index contributed by atoms with van der Waals surface area (Å²) in [5, 5.41) is 8.06. The summed E-state index contributed by atoms with van der Waals surface area (Å²) in [5.41, 5.74) is 8.39. The van der Waals surface area contributed by atoms with Crippen molar-refractivity contribution in [3.8, 4) is 0 Å². The summed E-state index contributed by atoms with van der Waals surface area (Å²) < 4.78 is 0. The first-order valence-electron chi connectivity index (χ1n) is 5.34. The van der Waals surface area contributed by atoms with Gasteiger partial charge in [0.25, 0.3) is 0 Å². The molecule has 0 amide bonds. The predicted octanol–water partition coefficient (Wildman–Crippen LogP) is 3.17. The van der Waals surface area contributed by atoms with E-state index in [0.717, 1.165) is 36.2 Å². The average molecular weight is 204 g/mol. The molecule has 2 nitrogen and oxygen atoms in total. The highest BCUT2D eigenvalue weighted by Gasteiger charge is 2.28. The van der Waals surface area contributed by atoms with Crippen LogP contribution in [0, 0.1) is 10.8 Å². The summed E-state index contributed by atoms with van der Waals surface area (Å²) in [7, 11) is 0. The van der Waals surface area contributed by atoms with Crippen molar-refractivity contribution in [2.45, 2.75) is 33.1 Å². The Bertz CT molecular complexity index is 336. The molecule has 0 fully saturated rings. The normalized spacial score (nSPS) is 25.5. The first-order chi connectivity index (χ1) is 6.99. The zero-order valence-electron chi connectivity index (χ0n) is 9.64. The number of rotatable bonds is 4. The minimum atomic E-state index is -0.188. The second-order valence-corrected chi connectivity index (χ2v) is 4.41. The SMILES string of the molecule is C=CCCC(=N)C1(C)C=C(N)C(C)=CC1. The van der Waals surface area contributed by atoms with Crippen LogP contribution in [0.4, 0.5) is 0 Å². The van der Waals surface area contributed by atoms with Crippen LogP contribution in [0.1, 0.15) is 33.1 Å². The van der Waals surface area contributed by atoms with Crippen LogP contribution in [-0.4, -0.2) is 5.71 Å². The van der Waals surface area contributed by atoms with E-state index in [9.17, 15) is 0 Å². The van der Waals surface area contributed by atoms with E-state index in [0.29, 0.717) is 0 Å². The lowest BCUT2D eigenvalue weighted by atomic mass is 9.75. The Morgan fingerprint density at radius 2 is 2.40 bits per heavy atom. The first kappa shape index (κ1) is 11.8. The Morgan fingerprint density at radius 1 is 1.73 bits per heavy atom. The number of nitrogens with two attached hydrogens (primary N) is 1. The molecule has 0 saturated carbocycles. The van der Waals surface area contributed by atoms with Crippen LogP contribution in [0.15, 0.2) is 36.1 Å². The van der Waals surface area contributed by atoms with Crippen molar-refractivity contribution in [3.05, 3.63) is 36.1 Å². The van der Waals surface area contributed by atoms with Gasteiger partial charge in [-0.15, -0.1) is 6.58 Å². The lowest BCUT2D eigenvalue weighted by Crippen LogP contribution is -2.28. The smallest absolute Gasteiger partial charge is 0.0309 e. The lowest BCUT2D eigenvalue weighted by molar-refractivity contribution is 0.573. The highest BCUT2D eigenvalue weighted by atomic mass is 14.6. The molecule has 0 saturated heterocycles. The molecule has 1 aliphatic carbocycles. The van der Waals surface area contributed by atoms with Gasteiger partial charge in [0.2, 0.25) is 0 Å². The highest BCUT2D eigenvalue weighted by Crippen LogP contribution is 2.33. The number of hydrogen-bond donors (Lipinski definition) is 2. The fourth-order valence-corrected chi connectivity index (χ4v) is 1.74. The fourth-order valence-electron chi connectivity index (χ4n) is 1.74. The van der Waals surface area contributed by atoms with Gasteiger partial charge in [0, 0.05) is 16.8 Å². The molecule has 0 bridgehead atoms. The summed E-state index contributed by atoms with van der Waals surface area (Å²) in [6.07, 6.45) is 8.53. The molecule has 2 heteroatoms. The van der Waals surface area contributed by atoms with Gasteiger partial charge in [-0.1, -0.05) is 19.1 Å². The average Bonchev–Trinajstić information content (AvgIpc) is 2.20. The molecular weight excluding hydrogens is 184 g/mol. The maximum Gasteiger partial charge on any atom is 0.0309 e. The molecular formula is C13H20N2. The largest absolute Gasteiger partial charge is 0.399 e. The molecule has 15 heavy (non-hydrogen) atoms. The maximum absolute atomic E-state index is 8.06. The molecule has 1 atom stereocenters. The summed E-state index contributed by atoms with van der Waals surface area (Å²) >= 11 is 0. The topological polar surface area (TPSA) is 49.9 Å². The molecule has 1 unspecified atom stereocenters. The van der Waals surface area contributed by atoms with Crippen molar-refractivity contribution in [2.24, 2.45) is 11.1 Å². The number of hydrogen-bond acceptors (Lipinski definition) is 2. The molecule has 0 radical (unpaired) electrons. The van der Waals surface area contributed by atoms with Crippen molar-refractivity contribution < 1.29 is 0 Å². The van der Waals surface area contributed by atoms with E-state index < -0.39 is 0 Å². The Morgan fingerprint density at radius 3 is 2.93 bits per heavy atom. The molecule has 0 heterocycles. The minimum absolute atomic E-state index is 0.188. The van der Waals surface area contributed by atoms with Crippen LogP contribution in [0.2, 0.25) is 0 Å². The predicted molar refractivity (Wildman–Crippen MR) is 65.9 cm³/mol. The van der Waals surface area contributed by atoms with Gasteiger partial charge in [-0.25, -0.2) is 0 Å². The van der Waals surface area contributed by atoms with Crippen molar-refractivity contribution >= 4 is 5.71 Å². The Labute approximate surface area is 92.1 Å². The quantitative estimate of drug-likeness (QED) is 0.536. The molecule has 82 valence electrons. The van der Waals surface area contributed by atoms with E-state index in [4.69, 9.17) is 11.1 Å².